The summed E-state index contributed by atoms with van der Waals surface area (Å²) in [5.41, 5.74) is -0.0589. The maximum absolute atomic E-state index is 14.5. The molecular formula is C20H23BFNO4. The van der Waals surface area contributed by atoms with Gasteiger partial charge in [0.05, 0.1) is 16.8 Å². The number of carbonyl (C=O) groups is 1. The van der Waals surface area contributed by atoms with Gasteiger partial charge in [0, 0.05) is 7.05 Å². The molecule has 3 rings (SSSR count). The summed E-state index contributed by atoms with van der Waals surface area (Å²) < 4.78 is 32.1. The van der Waals surface area contributed by atoms with Gasteiger partial charge in [-0.2, -0.15) is 0 Å². The highest BCUT2D eigenvalue weighted by Crippen LogP contribution is 2.36. The Morgan fingerprint density at radius 3 is 2.19 bits per heavy atom. The fourth-order valence-corrected chi connectivity index (χ4v) is 2.70. The van der Waals surface area contributed by atoms with Crippen LogP contribution in [0, 0.1) is 5.82 Å². The molecule has 0 radical (unpaired) electrons. The van der Waals surface area contributed by atoms with Crippen LogP contribution in [0.4, 0.5) is 4.39 Å². The van der Waals surface area contributed by atoms with E-state index in [0.717, 1.165) is 5.46 Å². The predicted octanol–water partition coefficient (Wildman–Crippen LogP) is 3.28. The number of nitrogens with one attached hydrogen (secondary N) is 1. The first-order valence-electron chi connectivity index (χ1n) is 8.79. The van der Waals surface area contributed by atoms with E-state index in [1.54, 1.807) is 18.2 Å². The summed E-state index contributed by atoms with van der Waals surface area (Å²) in [4.78, 5) is 11.7. The molecule has 5 nitrogen and oxygen atoms in total. The fourth-order valence-electron chi connectivity index (χ4n) is 2.70. The predicted molar refractivity (Wildman–Crippen MR) is 102 cm³/mol. The molecule has 1 saturated heterocycles. The molecule has 0 bridgehead atoms. The number of halogens is 1. The van der Waals surface area contributed by atoms with Crippen LogP contribution < -0.4 is 15.5 Å². The van der Waals surface area contributed by atoms with E-state index in [2.05, 4.69) is 5.32 Å². The Hall–Kier alpha value is -2.38. The summed E-state index contributed by atoms with van der Waals surface area (Å²) in [6.45, 7) is 7.97. The van der Waals surface area contributed by atoms with Crippen molar-refractivity contribution in [2.75, 3.05) is 7.05 Å². The first-order chi connectivity index (χ1) is 12.6. The lowest BCUT2D eigenvalue weighted by Crippen LogP contribution is -2.41. The number of hydrogen-bond donors (Lipinski definition) is 1. The molecule has 1 N–H and O–H groups in total. The van der Waals surface area contributed by atoms with Crippen molar-refractivity contribution in [1.82, 2.24) is 5.32 Å². The van der Waals surface area contributed by atoms with Crippen LogP contribution in [0.15, 0.2) is 42.5 Å². The molecule has 7 heteroatoms. The highest BCUT2D eigenvalue weighted by Gasteiger charge is 2.51. The fraction of sp³-hybridized carbons (Fsp3) is 0.350. The Kier molecular flexibility index (Phi) is 5.01. The SMILES string of the molecule is CNC(=O)c1cccc(Oc2ccc(B3OC(C)(C)C(C)(C)O3)cc2)c1F. The molecule has 2 aromatic carbocycles. The van der Waals surface area contributed by atoms with Crippen molar-refractivity contribution >= 4 is 18.5 Å². The molecule has 0 aromatic heterocycles. The molecule has 0 saturated carbocycles. The number of amides is 1. The largest absolute Gasteiger partial charge is 0.494 e. The lowest BCUT2D eigenvalue weighted by molar-refractivity contribution is 0.00578. The Bertz CT molecular complexity index is 836. The minimum Gasteiger partial charge on any atom is -0.454 e. The standard InChI is InChI=1S/C20H23BFNO4/c1-19(2)20(3,4)27-21(26-19)13-9-11-14(12-10-13)25-16-8-6-7-15(17(16)22)18(24)23-5/h6-12H,1-5H3,(H,23,24). The summed E-state index contributed by atoms with van der Waals surface area (Å²) in [5, 5.41) is 2.40. The third-order valence-electron chi connectivity index (χ3n) is 5.07. The van der Waals surface area contributed by atoms with E-state index in [4.69, 9.17) is 14.0 Å². The average Bonchev–Trinajstić information content (AvgIpc) is 2.84. The van der Waals surface area contributed by atoms with Crippen molar-refractivity contribution in [3.63, 3.8) is 0 Å². The van der Waals surface area contributed by atoms with Crippen molar-refractivity contribution in [2.45, 2.75) is 38.9 Å². The second-order valence-electron chi connectivity index (χ2n) is 7.46. The van der Waals surface area contributed by atoms with E-state index in [1.165, 1.54) is 19.2 Å². The minimum atomic E-state index is -0.702. The maximum Gasteiger partial charge on any atom is 0.494 e. The van der Waals surface area contributed by atoms with Gasteiger partial charge in [-0.25, -0.2) is 4.39 Å². The van der Waals surface area contributed by atoms with Gasteiger partial charge in [-0.15, -0.1) is 0 Å². The van der Waals surface area contributed by atoms with Crippen molar-refractivity contribution < 1.29 is 23.2 Å². The number of benzene rings is 2. The average molecular weight is 371 g/mol. The number of carbonyl (C=O) groups excluding carboxylic acids is 1. The molecule has 1 aliphatic rings. The van der Waals surface area contributed by atoms with Crippen LogP contribution >= 0.6 is 0 Å². The van der Waals surface area contributed by atoms with E-state index >= 15 is 0 Å². The third-order valence-corrected chi connectivity index (χ3v) is 5.07. The van der Waals surface area contributed by atoms with Crippen molar-refractivity contribution in [3.8, 4) is 11.5 Å². The van der Waals surface area contributed by atoms with Crippen molar-refractivity contribution in [2.24, 2.45) is 0 Å². The van der Waals surface area contributed by atoms with E-state index in [9.17, 15) is 9.18 Å². The monoisotopic (exact) mass is 371 g/mol. The van der Waals surface area contributed by atoms with Gasteiger partial charge in [0.2, 0.25) is 0 Å². The minimum absolute atomic E-state index is 0.0144. The van der Waals surface area contributed by atoms with E-state index in [0.29, 0.717) is 5.75 Å². The maximum atomic E-state index is 14.5. The quantitative estimate of drug-likeness (QED) is 0.839. The van der Waals surface area contributed by atoms with Crippen LogP contribution in [0.5, 0.6) is 11.5 Å². The van der Waals surface area contributed by atoms with Crippen LogP contribution in [0.25, 0.3) is 0 Å². The Labute approximate surface area is 159 Å². The Balaban J connectivity index is 1.77. The Morgan fingerprint density at radius 2 is 1.63 bits per heavy atom. The molecule has 27 heavy (non-hydrogen) atoms. The van der Waals surface area contributed by atoms with Gasteiger partial charge in [0.25, 0.3) is 5.91 Å². The van der Waals surface area contributed by atoms with Gasteiger partial charge >= 0.3 is 7.12 Å². The Morgan fingerprint density at radius 1 is 1.04 bits per heavy atom. The van der Waals surface area contributed by atoms with E-state index in [1.807, 2.05) is 39.8 Å². The highest BCUT2D eigenvalue weighted by molar-refractivity contribution is 6.62. The summed E-state index contributed by atoms with van der Waals surface area (Å²) in [5.74, 6) is -0.774. The summed E-state index contributed by atoms with van der Waals surface area (Å²) in [6, 6.07) is 11.5. The smallest absolute Gasteiger partial charge is 0.454 e. The summed E-state index contributed by atoms with van der Waals surface area (Å²) in [7, 11) is 0.974. The molecule has 0 atom stereocenters. The summed E-state index contributed by atoms with van der Waals surface area (Å²) >= 11 is 0. The van der Waals surface area contributed by atoms with Gasteiger partial charge in [0.15, 0.2) is 11.6 Å². The number of hydrogen-bond acceptors (Lipinski definition) is 4. The molecular weight excluding hydrogens is 348 g/mol. The van der Waals surface area contributed by atoms with Gasteiger partial charge in [-0.3, -0.25) is 4.79 Å². The molecule has 0 aliphatic carbocycles. The molecule has 1 fully saturated rings. The topological polar surface area (TPSA) is 56.8 Å². The zero-order chi connectivity index (χ0) is 19.8. The second kappa shape index (κ2) is 6.98. The van der Waals surface area contributed by atoms with Crippen LogP contribution in [0.2, 0.25) is 0 Å². The molecule has 1 heterocycles. The number of ether oxygens (including phenoxy) is 1. The zero-order valence-electron chi connectivity index (χ0n) is 16.1. The third kappa shape index (κ3) is 3.70. The van der Waals surface area contributed by atoms with Crippen molar-refractivity contribution in [1.29, 1.82) is 0 Å². The van der Waals surface area contributed by atoms with Crippen molar-refractivity contribution in [3.05, 3.63) is 53.8 Å². The molecule has 0 spiro atoms. The molecule has 142 valence electrons. The van der Waals surface area contributed by atoms with Crippen LogP contribution in [-0.4, -0.2) is 31.3 Å². The normalized spacial score (nSPS) is 17.6. The highest BCUT2D eigenvalue weighted by atomic mass is 19.1. The van der Waals surface area contributed by atoms with Gasteiger partial charge in [-0.05, 0) is 57.4 Å². The molecule has 1 aliphatic heterocycles. The molecule has 2 aromatic rings. The van der Waals surface area contributed by atoms with Crippen LogP contribution in [0.1, 0.15) is 38.1 Å². The second-order valence-corrected chi connectivity index (χ2v) is 7.46. The van der Waals surface area contributed by atoms with Gasteiger partial charge < -0.3 is 19.4 Å². The summed E-state index contributed by atoms with van der Waals surface area (Å²) in [6.07, 6.45) is 0. The first-order valence-corrected chi connectivity index (χ1v) is 8.79. The first kappa shape index (κ1) is 19.4. The van der Waals surface area contributed by atoms with E-state index in [-0.39, 0.29) is 11.3 Å². The van der Waals surface area contributed by atoms with Crippen LogP contribution in [0.3, 0.4) is 0 Å². The van der Waals surface area contributed by atoms with E-state index < -0.39 is 30.0 Å². The lowest BCUT2D eigenvalue weighted by atomic mass is 9.79. The number of rotatable bonds is 4. The van der Waals surface area contributed by atoms with Gasteiger partial charge in [0.1, 0.15) is 5.75 Å². The molecule has 1 amide bonds. The zero-order valence-corrected chi connectivity index (χ0v) is 16.1. The van der Waals surface area contributed by atoms with Crippen LogP contribution in [-0.2, 0) is 9.31 Å². The van der Waals surface area contributed by atoms with Gasteiger partial charge in [-0.1, -0.05) is 18.2 Å². The molecule has 0 unspecified atom stereocenters. The lowest BCUT2D eigenvalue weighted by Gasteiger charge is -2.32.